The van der Waals surface area contributed by atoms with Crippen LogP contribution >= 0.6 is 28.6 Å². The summed E-state index contributed by atoms with van der Waals surface area (Å²) in [4.78, 5) is 0. The number of rotatable bonds is 4. The normalized spacial score (nSPS) is 14.8. The molecule has 0 spiro atoms. The van der Waals surface area contributed by atoms with Crippen molar-refractivity contribution in [2.75, 3.05) is 0 Å². The molecular weight excluding hydrogens is 320 g/mol. The molecular formula is C6H5Cl2F6O2P. The van der Waals surface area contributed by atoms with Gasteiger partial charge in [-0.25, -0.2) is 0 Å². The monoisotopic (exact) mass is 324 g/mol. The Morgan fingerprint density at radius 3 is 1.65 bits per heavy atom. The predicted molar refractivity (Wildman–Crippen MR) is 50.1 cm³/mol. The molecule has 0 aliphatic rings. The second-order valence-corrected chi connectivity index (χ2v) is 7.02. The van der Waals surface area contributed by atoms with Crippen molar-refractivity contribution in [3.8, 4) is 0 Å². The van der Waals surface area contributed by atoms with Crippen molar-refractivity contribution in [1.29, 1.82) is 0 Å². The van der Waals surface area contributed by atoms with Gasteiger partial charge in [0, 0.05) is 6.42 Å². The largest absolute Gasteiger partial charge is 0.427 e. The lowest BCUT2D eigenvalue weighted by atomic mass is 9.98. The van der Waals surface area contributed by atoms with Crippen molar-refractivity contribution < 1.29 is 35.4 Å². The van der Waals surface area contributed by atoms with Crippen molar-refractivity contribution in [1.82, 2.24) is 0 Å². The number of halogens is 8. The van der Waals surface area contributed by atoms with Crippen molar-refractivity contribution >= 4 is 28.6 Å². The van der Waals surface area contributed by atoms with Crippen LogP contribution in [0.4, 0.5) is 26.3 Å². The molecule has 0 bridgehead atoms. The zero-order valence-corrected chi connectivity index (χ0v) is 10.2. The summed E-state index contributed by atoms with van der Waals surface area (Å²) in [6.45, 7) is 2.75. The van der Waals surface area contributed by atoms with Gasteiger partial charge in [0.2, 0.25) is 0 Å². The van der Waals surface area contributed by atoms with Crippen LogP contribution in [0.3, 0.4) is 0 Å². The highest BCUT2D eigenvalue weighted by atomic mass is 35.9. The summed E-state index contributed by atoms with van der Waals surface area (Å²) >= 11 is 9.26. The minimum atomic E-state index is -5.90. The van der Waals surface area contributed by atoms with Crippen LogP contribution in [0.2, 0.25) is 0 Å². The molecule has 0 fully saturated rings. The van der Waals surface area contributed by atoms with E-state index in [1.54, 1.807) is 0 Å². The SMILES string of the molecule is C=CCC(OP(=O)(Cl)Cl)(C(F)(F)F)C(F)(F)F. The Kier molecular flexibility index (Phi) is 5.02. The van der Waals surface area contributed by atoms with Crippen LogP contribution < -0.4 is 0 Å². The van der Waals surface area contributed by atoms with Crippen molar-refractivity contribution in [2.24, 2.45) is 0 Å². The van der Waals surface area contributed by atoms with E-state index in [9.17, 15) is 30.9 Å². The van der Waals surface area contributed by atoms with Gasteiger partial charge < -0.3 is 0 Å². The molecule has 0 saturated heterocycles. The molecule has 0 unspecified atom stereocenters. The van der Waals surface area contributed by atoms with Crippen LogP contribution in [-0.4, -0.2) is 18.0 Å². The maximum absolute atomic E-state index is 12.5. The molecule has 0 aliphatic heterocycles. The van der Waals surface area contributed by atoms with Gasteiger partial charge in [-0.05, 0) is 22.5 Å². The second-order valence-electron chi connectivity index (χ2n) is 2.82. The first-order valence-corrected chi connectivity index (χ1v) is 7.15. The maximum atomic E-state index is 12.5. The van der Waals surface area contributed by atoms with Gasteiger partial charge in [-0.2, -0.15) is 26.3 Å². The first-order chi connectivity index (χ1) is 7.27. The average Bonchev–Trinajstić information content (AvgIpc) is 1.96. The zero-order valence-electron chi connectivity index (χ0n) is 7.78. The van der Waals surface area contributed by atoms with Gasteiger partial charge in [-0.1, -0.05) is 6.08 Å². The quantitative estimate of drug-likeness (QED) is 0.412. The van der Waals surface area contributed by atoms with E-state index in [-0.39, 0.29) is 0 Å². The Bertz CT molecular complexity index is 318. The summed E-state index contributed by atoms with van der Waals surface area (Å²) in [6, 6.07) is 0. The molecule has 0 atom stereocenters. The molecule has 0 radical (unpaired) electrons. The molecule has 0 aliphatic carbocycles. The fourth-order valence-corrected chi connectivity index (χ4v) is 2.27. The van der Waals surface area contributed by atoms with E-state index < -0.39 is 30.4 Å². The van der Waals surface area contributed by atoms with Crippen LogP contribution in [0.15, 0.2) is 12.7 Å². The third-order valence-electron chi connectivity index (χ3n) is 1.61. The lowest BCUT2D eigenvalue weighted by molar-refractivity contribution is -0.355. The smallest absolute Gasteiger partial charge is 0.280 e. The Morgan fingerprint density at radius 1 is 1.12 bits per heavy atom. The summed E-state index contributed by atoms with van der Waals surface area (Å²) in [6.07, 6.45) is -18.3. The van der Waals surface area contributed by atoms with E-state index in [2.05, 4.69) is 33.6 Å². The number of alkyl halides is 6. The molecule has 0 aromatic heterocycles. The van der Waals surface area contributed by atoms with Crippen molar-refractivity contribution in [3.05, 3.63) is 12.7 Å². The molecule has 0 saturated carbocycles. The van der Waals surface area contributed by atoms with Gasteiger partial charge in [0.1, 0.15) is 0 Å². The predicted octanol–water partition coefficient (Wildman–Crippen LogP) is 5.03. The van der Waals surface area contributed by atoms with E-state index >= 15 is 0 Å². The summed E-state index contributed by atoms with van der Waals surface area (Å²) < 4.78 is 88.8. The minimum absolute atomic E-state index is 0.310. The highest BCUT2D eigenvalue weighted by Gasteiger charge is 2.73. The molecule has 0 amide bonds. The van der Waals surface area contributed by atoms with Crippen molar-refractivity contribution in [3.63, 3.8) is 0 Å². The van der Waals surface area contributed by atoms with Gasteiger partial charge in [0.15, 0.2) is 0 Å². The molecule has 11 heteroatoms. The number of hydrogen-bond donors (Lipinski definition) is 0. The Labute approximate surface area is 102 Å². The fourth-order valence-electron chi connectivity index (χ4n) is 0.918. The minimum Gasteiger partial charge on any atom is -0.280 e. The second kappa shape index (κ2) is 4.99. The fraction of sp³-hybridized carbons (Fsp3) is 0.667. The molecule has 0 rings (SSSR count). The van der Waals surface area contributed by atoms with Crippen LogP contribution in [0.25, 0.3) is 0 Å². The maximum Gasteiger partial charge on any atom is 0.427 e. The van der Waals surface area contributed by atoms with E-state index in [0.29, 0.717) is 6.08 Å². The topological polar surface area (TPSA) is 26.3 Å². The number of hydrogen-bond acceptors (Lipinski definition) is 2. The molecule has 0 aromatic rings. The van der Waals surface area contributed by atoms with Gasteiger partial charge >= 0.3 is 18.4 Å². The van der Waals surface area contributed by atoms with E-state index in [1.807, 2.05) is 0 Å². The first kappa shape index (κ1) is 17.1. The lowest BCUT2D eigenvalue weighted by Crippen LogP contribution is -2.57. The molecule has 17 heavy (non-hydrogen) atoms. The summed E-state index contributed by atoms with van der Waals surface area (Å²) in [7, 11) is 0. The molecule has 0 aromatic carbocycles. The lowest BCUT2D eigenvalue weighted by Gasteiger charge is -2.36. The zero-order chi connectivity index (χ0) is 14.1. The molecule has 0 N–H and O–H groups in total. The summed E-state index contributed by atoms with van der Waals surface area (Å²) in [5.41, 5.74) is -4.74. The third-order valence-corrected chi connectivity index (χ3v) is 2.55. The molecule has 0 heterocycles. The summed E-state index contributed by atoms with van der Waals surface area (Å²) in [5, 5.41) is 0. The Hall–Kier alpha value is 0.0900. The van der Waals surface area contributed by atoms with E-state index in [4.69, 9.17) is 0 Å². The van der Waals surface area contributed by atoms with Gasteiger partial charge in [0.25, 0.3) is 5.60 Å². The van der Waals surface area contributed by atoms with Crippen LogP contribution in [0.1, 0.15) is 6.42 Å². The van der Waals surface area contributed by atoms with Crippen LogP contribution in [-0.2, 0) is 9.09 Å². The van der Waals surface area contributed by atoms with Gasteiger partial charge in [-0.15, -0.1) is 6.58 Å². The van der Waals surface area contributed by atoms with Gasteiger partial charge in [-0.3, -0.25) is 9.09 Å². The van der Waals surface area contributed by atoms with E-state index in [0.717, 1.165) is 0 Å². The molecule has 102 valence electrons. The van der Waals surface area contributed by atoms with Crippen molar-refractivity contribution in [2.45, 2.75) is 24.4 Å². The highest BCUT2D eigenvalue weighted by molar-refractivity contribution is 8.05. The van der Waals surface area contributed by atoms with Gasteiger partial charge in [0.05, 0.1) is 0 Å². The standard InChI is InChI=1S/C6H5Cl2F6O2P/c1-2-3-4(5(9,10)11,6(12,13)14)16-17(7,8)15/h2H,1,3H2. The first-order valence-electron chi connectivity index (χ1n) is 3.71. The highest BCUT2D eigenvalue weighted by Crippen LogP contribution is 2.65. The summed E-state index contributed by atoms with van der Waals surface area (Å²) in [5.74, 6) is 0. The Balaban J connectivity index is 5.76. The Morgan fingerprint density at radius 2 is 1.47 bits per heavy atom. The third kappa shape index (κ3) is 4.05. The van der Waals surface area contributed by atoms with Crippen LogP contribution in [0, 0.1) is 0 Å². The van der Waals surface area contributed by atoms with E-state index in [1.165, 1.54) is 0 Å². The molecule has 2 nitrogen and oxygen atoms in total. The van der Waals surface area contributed by atoms with Crippen LogP contribution in [0.5, 0.6) is 0 Å². The average molecular weight is 325 g/mol.